The number of carbonyl (C=O) groups excluding carboxylic acids is 2. The monoisotopic (exact) mass is 375 g/mol. The molecule has 0 saturated carbocycles. The Morgan fingerprint density at radius 1 is 1.12 bits per heavy atom. The predicted molar refractivity (Wildman–Crippen MR) is 101 cm³/mol. The lowest BCUT2D eigenvalue weighted by atomic mass is 9.97. The average Bonchev–Trinajstić information content (AvgIpc) is 2.63. The third kappa shape index (κ3) is 4.58. The van der Waals surface area contributed by atoms with E-state index < -0.39 is 16.7 Å². The molecule has 2 rings (SSSR count). The smallest absolute Gasteiger partial charge is 0.314 e. The number of anilines is 2. The van der Waals surface area contributed by atoms with Crippen LogP contribution in [0.4, 0.5) is 17.1 Å². The fraction of sp³-hybridized carbons (Fsp3) is 0.222. The second-order valence-corrected chi connectivity index (χ2v) is 6.13. The number of carbonyl (C=O) groups is 2. The van der Waals surface area contributed by atoms with E-state index in [9.17, 15) is 19.7 Å². The normalized spacial score (nSPS) is 11.5. The second-order valence-electron chi connectivity index (χ2n) is 5.73. The van der Waals surface area contributed by atoms with Gasteiger partial charge in [-0.25, -0.2) is 0 Å². The summed E-state index contributed by atoms with van der Waals surface area (Å²) in [5, 5.41) is 15.8. The van der Waals surface area contributed by atoms with Gasteiger partial charge in [-0.15, -0.1) is 0 Å². The standard InChI is InChI=1S/C18H18ClN3O4/c1-3-11(2)13-6-4-5-7-15(13)20-17(23)18(24)21-16-10-12(22(25)26)8-9-14(16)19/h4-11H,3H2,1-2H3,(H,20,23)(H,21,24). The molecule has 0 aliphatic carbocycles. The number of para-hydroxylation sites is 1. The summed E-state index contributed by atoms with van der Waals surface area (Å²) >= 11 is 5.93. The summed E-state index contributed by atoms with van der Waals surface area (Å²) in [6.07, 6.45) is 0.877. The van der Waals surface area contributed by atoms with Gasteiger partial charge in [-0.1, -0.05) is 43.6 Å². The maximum atomic E-state index is 12.2. The molecule has 0 aliphatic rings. The van der Waals surface area contributed by atoms with E-state index in [4.69, 9.17) is 11.6 Å². The zero-order valence-electron chi connectivity index (χ0n) is 14.3. The average molecular weight is 376 g/mol. The molecule has 0 aliphatic heterocycles. The number of non-ortho nitro benzene ring substituents is 1. The van der Waals surface area contributed by atoms with Crippen LogP contribution in [0, 0.1) is 10.1 Å². The van der Waals surface area contributed by atoms with Crippen LogP contribution in [0.15, 0.2) is 42.5 Å². The van der Waals surface area contributed by atoms with E-state index in [0.717, 1.165) is 18.1 Å². The minimum absolute atomic E-state index is 0.00349. The number of hydrogen-bond acceptors (Lipinski definition) is 4. The zero-order chi connectivity index (χ0) is 19.3. The van der Waals surface area contributed by atoms with Crippen LogP contribution >= 0.6 is 11.6 Å². The molecule has 0 aromatic heterocycles. The van der Waals surface area contributed by atoms with Crippen molar-refractivity contribution in [1.82, 2.24) is 0 Å². The lowest BCUT2D eigenvalue weighted by molar-refractivity contribution is -0.384. The fourth-order valence-corrected chi connectivity index (χ4v) is 2.51. The van der Waals surface area contributed by atoms with Crippen molar-refractivity contribution in [3.05, 3.63) is 63.2 Å². The third-order valence-electron chi connectivity index (χ3n) is 3.97. The number of nitrogens with zero attached hydrogens (tertiary/aromatic N) is 1. The van der Waals surface area contributed by atoms with E-state index in [1.165, 1.54) is 12.1 Å². The van der Waals surface area contributed by atoms with Crippen LogP contribution in [0.25, 0.3) is 0 Å². The minimum atomic E-state index is -0.966. The molecule has 7 nitrogen and oxygen atoms in total. The number of nitro benzene ring substituents is 1. The summed E-state index contributed by atoms with van der Waals surface area (Å²) < 4.78 is 0. The zero-order valence-corrected chi connectivity index (χ0v) is 15.0. The number of hydrogen-bond donors (Lipinski definition) is 2. The molecule has 136 valence electrons. The molecule has 0 fully saturated rings. The lowest BCUT2D eigenvalue weighted by Crippen LogP contribution is -2.29. The Morgan fingerprint density at radius 3 is 2.35 bits per heavy atom. The van der Waals surface area contributed by atoms with Gasteiger partial charge >= 0.3 is 11.8 Å². The van der Waals surface area contributed by atoms with Gasteiger partial charge in [0.1, 0.15) is 0 Å². The number of nitrogens with one attached hydrogen (secondary N) is 2. The summed E-state index contributed by atoms with van der Waals surface area (Å²) in [6.45, 7) is 4.05. The van der Waals surface area contributed by atoms with Crippen molar-refractivity contribution in [2.24, 2.45) is 0 Å². The number of benzene rings is 2. The third-order valence-corrected chi connectivity index (χ3v) is 4.30. The lowest BCUT2D eigenvalue weighted by Gasteiger charge is -2.15. The fourth-order valence-electron chi connectivity index (χ4n) is 2.34. The van der Waals surface area contributed by atoms with Crippen LogP contribution < -0.4 is 10.6 Å². The van der Waals surface area contributed by atoms with Gasteiger partial charge in [-0.05, 0) is 30.0 Å². The summed E-state index contributed by atoms with van der Waals surface area (Å²) in [7, 11) is 0. The Morgan fingerprint density at radius 2 is 1.73 bits per heavy atom. The molecule has 0 heterocycles. The minimum Gasteiger partial charge on any atom is -0.318 e. The Kier molecular flexibility index (Phi) is 6.30. The molecule has 26 heavy (non-hydrogen) atoms. The van der Waals surface area contributed by atoms with Crippen molar-refractivity contribution < 1.29 is 14.5 Å². The molecule has 2 amide bonds. The first kappa shape index (κ1) is 19.4. The van der Waals surface area contributed by atoms with Gasteiger partial charge in [0.25, 0.3) is 5.69 Å². The topological polar surface area (TPSA) is 101 Å². The van der Waals surface area contributed by atoms with Gasteiger partial charge in [-0.3, -0.25) is 19.7 Å². The van der Waals surface area contributed by atoms with E-state index in [1.807, 2.05) is 26.0 Å². The number of rotatable bonds is 5. The molecule has 0 saturated heterocycles. The molecule has 8 heteroatoms. The molecular formula is C18H18ClN3O4. The Labute approximate surface area is 155 Å². The van der Waals surface area contributed by atoms with E-state index in [-0.39, 0.29) is 22.3 Å². The Balaban J connectivity index is 2.16. The molecule has 1 unspecified atom stereocenters. The van der Waals surface area contributed by atoms with Crippen molar-refractivity contribution >= 4 is 40.5 Å². The van der Waals surface area contributed by atoms with Crippen LogP contribution in [0.3, 0.4) is 0 Å². The number of amides is 2. The first-order valence-electron chi connectivity index (χ1n) is 7.98. The van der Waals surface area contributed by atoms with E-state index >= 15 is 0 Å². The van der Waals surface area contributed by atoms with Crippen molar-refractivity contribution in [2.45, 2.75) is 26.2 Å². The Bertz CT molecular complexity index is 854. The van der Waals surface area contributed by atoms with Gasteiger partial charge in [-0.2, -0.15) is 0 Å². The van der Waals surface area contributed by atoms with Crippen molar-refractivity contribution in [2.75, 3.05) is 10.6 Å². The summed E-state index contributed by atoms with van der Waals surface area (Å²) in [4.78, 5) is 34.6. The molecule has 1 atom stereocenters. The Hall–Kier alpha value is -2.93. The highest BCUT2D eigenvalue weighted by Gasteiger charge is 2.19. The van der Waals surface area contributed by atoms with Crippen LogP contribution in [-0.4, -0.2) is 16.7 Å². The molecule has 2 aromatic carbocycles. The second kappa shape index (κ2) is 8.44. The van der Waals surface area contributed by atoms with Crippen molar-refractivity contribution in [1.29, 1.82) is 0 Å². The van der Waals surface area contributed by atoms with E-state index in [2.05, 4.69) is 10.6 Å². The highest BCUT2D eigenvalue weighted by Crippen LogP contribution is 2.28. The van der Waals surface area contributed by atoms with Crippen LogP contribution in [0.1, 0.15) is 31.7 Å². The predicted octanol–water partition coefficient (Wildman–Crippen LogP) is 4.34. The molecular weight excluding hydrogens is 358 g/mol. The molecule has 0 bridgehead atoms. The number of halogens is 1. The molecule has 0 spiro atoms. The van der Waals surface area contributed by atoms with Gasteiger partial charge in [0, 0.05) is 17.8 Å². The molecule has 2 N–H and O–H groups in total. The van der Waals surface area contributed by atoms with Gasteiger partial charge in [0.05, 0.1) is 15.6 Å². The van der Waals surface area contributed by atoms with E-state index in [0.29, 0.717) is 5.69 Å². The van der Waals surface area contributed by atoms with Crippen molar-refractivity contribution in [3.8, 4) is 0 Å². The SMILES string of the molecule is CCC(C)c1ccccc1NC(=O)C(=O)Nc1cc([N+](=O)[O-])ccc1Cl. The largest absolute Gasteiger partial charge is 0.318 e. The van der Waals surface area contributed by atoms with Crippen LogP contribution in [0.5, 0.6) is 0 Å². The summed E-state index contributed by atoms with van der Waals surface area (Å²) in [5.74, 6) is -1.64. The van der Waals surface area contributed by atoms with Crippen molar-refractivity contribution in [3.63, 3.8) is 0 Å². The maximum Gasteiger partial charge on any atom is 0.314 e. The molecule has 2 aromatic rings. The summed E-state index contributed by atoms with van der Waals surface area (Å²) in [5.41, 5.74) is 1.22. The highest BCUT2D eigenvalue weighted by atomic mass is 35.5. The van der Waals surface area contributed by atoms with Gasteiger partial charge < -0.3 is 10.6 Å². The quantitative estimate of drug-likeness (QED) is 0.461. The van der Waals surface area contributed by atoms with E-state index in [1.54, 1.807) is 12.1 Å². The van der Waals surface area contributed by atoms with Crippen LogP contribution in [0.2, 0.25) is 5.02 Å². The van der Waals surface area contributed by atoms with Gasteiger partial charge in [0.2, 0.25) is 0 Å². The first-order chi connectivity index (χ1) is 12.3. The summed E-state index contributed by atoms with van der Waals surface area (Å²) in [6, 6.07) is 10.8. The highest BCUT2D eigenvalue weighted by molar-refractivity contribution is 6.45. The van der Waals surface area contributed by atoms with Gasteiger partial charge in [0.15, 0.2) is 0 Å². The maximum absolute atomic E-state index is 12.2. The van der Waals surface area contributed by atoms with Crippen LogP contribution in [-0.2, 0) is 9.59 Å². The number of nitro groups is 1. The molecule has 0 radical (unpaired) electrons. The first-order valence-corrected chi connectivity index (χ1v) is 8.36.